The molecule has 0 spiro atoms. The predicted octanol–water partition coefficient (Wildman–Crippen LogP) is 10.8. The van der Waals surface area contributed by atoms with E-state index in [1.807, 2.05) is 6.07 Å². The maximum Gasteiger partial charge on any atom is 2.00 e. The zero-order chi connectivity index (χ0) is 33.1. The molecule has 0 saturated heterocycles. The van der Waals surface area contributed by atoms with Gasteiger partial charge in [0.1, 0.15) is 0 Å². The Balaban J connectivity index is 0.000000135. The van der Waals surface area contributed by atoms with Crippen molar-refractivity contribution in [2.24, 2.45) is 0 Å². The van der Waals surface area contributed by atoms with Gasteiger partial charge in [0.2, 0.25) is 0 Å². The monoisotopic (exact) mass is 694 g/mol. The van der Waals surface area contributed by atoms with Crippen LogP contribution in [0.4, 0.5) is 0 Å². The van der Waals surface area contributed by atoms with E-state index in [9.17, 15) is 0 Å². The van der Waals surface area contributed by atoms with Gasteiger partial charge in [-0.15, -0.1) is 45.9 Å². The van der Waals surface area contributed by atoms with Crippen molar-refractivity contribution >= 4 is 34.6 Å². The molecule has 1 aliphatic rings. The summed E-state index contributed by atoms with van der Waals surface area (Å²) in [4.78, 5) is 0. The van der Waals surface area contributed by atoms with Crippen molar-refractivity contribution in [1.82, 2.24) is 0 Å². The second kappa shape index (κ2) is 17.8. The quantitative estimate of drug-likeness (QED) is 0.0924. The summed E-state index contributed by atoms with van der Waals surface area (Å²) in [5, 5.41) is 6.89. The van der Waals surface area contributed by atoms with E-state index in [0.717, 1.165) is 19.3 Å². The first kappa shape index (κ1) is 35.1. The number of rotatable bonds is 6. The van der Waals surface area contributed by atoms with Gasteiger partial charge in [-0.2, -0.15) is 35.9 Å². The summed E-state index contributed by atoms with van der Waals surface area (Å²) in [7, 11) is -0.493. The van der Waals surface area contributed by atoms with Crippen molar-refractivity contribution in [1.29, 1.82) is 0 Å². The fourth-order valence-electron chi connectivity index (χ4n) is 6.44. The first-order valence-corrected chi connectivity index (χ1v) is 18.4. The zero-order valence-electron chi connectivity index (χ0n) is 28.1. The van der Waals surface area contributed by atoms with Crippen LogP contribution in [0.15, 0.2) is 200 Å². The van der Waals surface area contributed by atoms with Crippen LogP contribution in [0, 0.1) is 6.07 Å². The maximum absolute atomic E-state index is 3.30. The van der Waals surface area contributed by atoms with E-state index in [-0.39, 0.29) is 21.7 Å². The molecule has 50 heavy (non-hydrogen) atoms. The molecule has 0 N–H and O–H groups in total. The third-order valence-electron chi connectivity index (χ3n) is 8.89. The van der Waals surface area contributed by atoms with Crippen molar-refractivity contribution in [3.63, 3.8) is 0 Å². The second-order valence-corrected chi connectivity index (χ2v) is 14.4. The molecule has 0 amide bonds. The Morgan fingerprint density at radius 3 is 1.60 bits per heavy atom. The molecule has 0 radical (unpaired) electrons. The number of hydrogen-bond acceptors (Lipinski definition) is 0. The molecule has 8 aromatic carbocycles. The summed E-state index contributed by atoms with van der Waals surface area (Å²) in [6.07, 6.45) is 3.31. The van der Waals surface area contributed by atoms with Crippen LogP contribution in [0.5, 0.6) is 0 Å². The van der Waals surface area contributed by atoms with Gasteiger partial charge in [0.15, 0.2) is 0 Å². The minimum atomic E-state index is -0.493. The number of benzene rings is 7. The molecular weight excluding hydrogens is 655 g/mol. The van der Waals surface area contributed by atoms with Crippen molar-refractivity contribution in [2.45, 2.75) is 19.3 Å². The molecule has 0 unspecified atom stereocenters. The van der Waals surface area contributed by atoms with Crippen molar-refractivity contribution in [3.8, 4) is 11.1 Å². The molecule has 1 aliphatic carbocycles. The maximum atomic E-state index is 3.30. The molecule has 240 valence electrons. The molecule has 0 nitrogen and oxygen atoms in total. The minimum Gasteiger partial charge on any atom is -0.179 e. The summed E-state index contributed by atoms with van der Waals surface area (Å²) in [6, 6.07) is 74.4. The third kappa shape index (κ3) is 8.90. The third-order valence-corrected chi connectivity index (χ3v) is 11.3. The van der Waals surface area contributed by atoms with Crippen LogP contribution >= 0.6 is 7.92 Å². The Kier molecular flexibility index (Phi) is 12.5. The van der Waals surface area contributed by atoms with Gasteiger partial charge in [0.05, 0.1) is 0 Å². The van der Waals surface area contributed by atoms with Crippen LogP contribution in [0.1, 0.15) is 22.3 Å². The van der Waals surface area contributed by atoms with Gasteiger partial charge in [0, 0.05) is 0 Å². The van der Waals surface area contributed by atoms with E-state index in [4.69, 9.17) is 0 Å². The van der Waals surface area contributed by atoms with E-state index < -0.39 is 7.92 Å². The first-order valence-electron chi connectivity index (χ1n) is 17.0. The Bertz CT molecular complexity index is 2030. The summed E-state index contributed by atoms with van der Waals surface area (Å²) in [5.74, 6) is 0. The molecule has 0 saturated carbocycles. The van der Waals surface area contributed by atoms with Gasteiger partial charge in [-0.1, -0.05) is 163 Å². The van der Waals surface area contributed by atoms with E-state index in [2.05, 4.69) is 200 Å². The molecule has 0 heterocycles. The van der Waals surface area contributed by atoms with E-state index in [1.54, 1.807) is 0 Å². The number of fused-ring (bicyclic) bond motifs is 4. The zero-order valence-corrected chi connectivity index (χ0v) is 30.6. The average molecular weight is 695 g/mol. The summed E-state index contributed by atoms with van der Waals surface area (Å²) in [6.45, 7) is 0. The molecule has 0 atom stereocenters. The van der Waals surface area contributed by atoms with Gasteiger partial charge >= 0.3 is 21.7 Å². The van der Waals surface area contributed by atoms with Crippen LogP contribution in [0.25, 0.3) is 21.9 Å². The molecular formula is C48H39PTi. The summed E-state index contributed by atoms with van der Waals surface area (Å²) in [5.41, 5.74) is 8.34. The van der Waals surface area contributed by atoms with Gasteiger partial charge in [-0.25, -0.2) is 0 Å². The van der Waals surface area contributed by atoms with Crippen LogP contribution in [-0.2, 0) is 41.0 Å². The molecule has 8 aromatic rings. The largest absolute Gasteiger partial charge is 2.00 e. The Morgan fingerprint density at radius 1 is 0.500 bits per heavy atom. The van der Waals surface area contributed by atoms with Crippen molar-refractivity contribution in [2.75, 3.05) is 0 Å². The fraction of sp³-hybridized carbons (Fsp3) is 0.0625. The van der Waals surface area contributed by atoms with Crippen molar-refractivity contribution in [3.05, 3.63) is 229 Å². The molecule has 0 aromatic heterocycles. The van der Waals surface area contributed by atoms with Crippen LogP contribution in [0.2, 0.25) is 0 Å². The van der Waals surface area contributed by atoms with Gasteiger partial charge < -0.3 is 0 Å². The molecule has 0 bridgehead atoms. The topological polar surface area (TPSA) is 0 Å². The average Bonchev–Trinajstić information content (AvgIpc) is 3.78. The summed E-state index contributed by atoms with van der Waals surface area (Å²) >= 11 is 0. The summed E-state index contributed by atoms with van der Waals surface area (Å²) < 4.78 is 0. The predicted molar refractivity (Wildman–Crippen MR) is 212 cm³/mol. The van der Waals surface area contributed by atoms with Crippen molar-refractivity contribution < 1.29 is 21.7 Å². The Labute approximate surface area is 313 Å². The van der Waals surface area contributed by atoms with Crippen LogP contribution in [-0.4, -0.2) is 0 Å². The van der Waals surface area contributed by atoms with Crippen LogP contribution < -0.4 is 15.9 Å². The molecule has 2 heteroatoms. The van der Waals surface area contributed by atoms with E-state index in [1.165, 1.54) is 60.1 Å². The molecule has 0 aliphatic heterocycles. The number of hydrogen-bond donors (Lipinski definition) is 0. The van der Waals surface area contributed by atoms with E-state index >= 15 is 0 Å². The normalized spacial score (nSPS) is 10.9. The van der Waals surface area contributed by atoms with Gasteiger partial charge in [-0.3, -0.25) is 0 Å². The Hall–Kier alpha value is -4.71. The van der Waals surface area contributed by atoms with Gasteiger partial charge in [0.25, 0.3) is 0 Å². The SMILES string of the molecule is [Ti+2].[c-]1cccc2c1Cc1ccccc1-2.c1ccc(CCc2ccccc2)cc1.c1ccc(P(c2ccccc2)c2cc3ccccc3[cH-]2)cc1. The second-order valence-electron chi connectivity index (χ2n) is 12.2. The van der Waals surface area contributed by atoms with Crippen LogP contribution in [0.3, 0.4) is 0 Å². The molecule has 0 fully saturated rings. The molecule has 9 rings (SSSR count). The van der Waals surface area contributed by atoms with E-state index in [0.29, 0.717) is 0 Å². The first-order chi connectivity index (χ1) is 24.3. The Morgan fingerprint density at radius 2 is 1.00 bits per heavy atom. The standard InChI is InChI=1S/C21H16P.C14H14.C13H9.Ti/c1-3-11-19(12-4-1)22(20-13-5-2-6-14-20)21-15-17-9-7-8-10-18(17)16-21;1-3-7-13(8-4-1)11-12-14-9-5-2-6-10-14;1-3-7-12-10(5-1)9-11-6-2-4-8-13(11)12;/h1-16H;1-10H,11-12H2;1-5,7-8H,9H2;/q-1;;-1;+2. The smallest absolute Gasteiger partial charge is 0.179 e. The fourth-order valence-corrected chi connectivity index (χ4v) is 8.81. The number of aryl methyl sites for hydroxylation is 2. The van der Waals surface area contributed by atoms with Gasteiger partial charge in [-0.05, 0) is 48.9 Å². The minimum absolute atomic E-state index is 0.